The Hall–Kier alpha value is -7.70. The second-order valence-corrected chi connectivity index (χ2v) is 22.0. The predicted molar refractivity (Wildman–Crippen MR) is 340 cm³/mol. The maximum absolute atomic E-state index is 13.4. The van der Waals surface area contributed by atoms with E-state index in [1.54, 1.807) is 0 Å². The SMILES string of the molecule is Cl.Cl.Fc1ccc(N2CCN(Cc3nc4cc5ccccc5cc4nc3CN3CCN(c4ccc(F)cc4)CC3)CC2)cc1.c1ccc(N2CCN(Cc3nc4cc5ccccc5cc4nc3CN3CCN(c4ccccn4)CC3)CC2)nc1. The molecule has 6 aromatic carbocycles. The van der Waals surface area contributed by atoms with Gasteiger partial charge in [0.05, 0.1) is 44.8 Å². The van der Waals surface area contributed by atoms with Crippen LogP contribution in [0.2, 0.25) is 0 Å². The van der Waals surface area contributed by atoms with Crippen LogP contribution in [0.3, 0.4) is 0 Å². The van der Waals surface area contributed by atoms with Crippen molar-refractivity contribution >= 4 is 91.4 Å². The molecule has 0 aliphatic carbocycles. The van der Waals surface area contributed by atoms with Crippen LogP contribution in [0.15, 0.2) is 170 Å². The number of hydrogen-bond donors (Lipinski definition) is 0. The van der Waals surface area contributed by atoms with Gasteiger partial charge in [0.15, 0.2) is 0 Å². The summed E-state index contributed by atoms with van der Waals surface area (Å²) in [7, 11) is 0. The van der Waals surface area contributed by atoms with Crippen molar-refractivity contribution in [3.63, 3.8) is 0 Å². The first kappa shape index (κ1) is 58.1. The highest BCUT2D eigenvalue weighted by Gasteiger charge is 2.26. The Balaban J connectivity index is 0.000000171. The lowest BCUT2D eigenvalue weighted by molar-refractivity contribution is 0.232. The molecule has 0 saturated carbocycles. The molecule has 0 unspecified atom stereocenters. The first-order valence-corrected chi connectivity index (χ1v) is 28.9. The smallest absolute Gasteiger partial charge is 0.128 e. The Morgan fingerprint density at radius 2 is 0.560 bits per heavy atom. The number of piperazine rings is 4. The van der Waals surface area contributed by atoms with E-state index < -0.39 is 0 Å². The van der Waals surface area contributed by atoms with Crippen LogP contribution in [0.4, 0.5) is 31.8 Å². The summed E-state index contributed by atoms with van der Waals surface area (Å²) < 4.78 is 26.8. The third-order valence-electron chi connectivity index (χ3n) is 16.7. The van der Waals surface area contributed by atoms with Gasteiger partial charge in [-0.15, -0.1) is 24.8 Å². The van der Waals surface area contributed by atoms with Crippen molar-refractivity contribution in [2.75, 3.05) is 124 Å². The van der Waals surface area contributed by atoms with Gasteiger partial charge in [-0.25, -0.2) is 38.7 Å². The minimum absolute atomic E-state index is 0. The van der Waals surface area contributed by atoms with Crippen molar-refractivity contribution in [2.45, 2.75) is 26.2 Å². The van der Waals surface area contributed by atoms with Crippen molar-refractivity contribution < 1.29 is 8.78 Å². The Bertz CT molecular complexity index is 3520. The number of pyridine rings is 2. The van der Waals surface area contributed by atoms with Crippen molar-refractivity contribution in [3.05, 3.63) is 205 Å². The Kier molecular flexibility index (Phi) is 18.6. The number of fused-ring (bicyclic) bond motifs is 4. The molecule has 0 N–H and O–H groups in total. The molecule has 14 rings (SSSR count). The van der Waals surface area contributed by atoms with Gasteiger partial charge in [-0.3, -0.25) is 19.6 Å². The van der Waals surface area contributed by atoms with Crippen LogP contribution in [0.5, 0.6) is 0 Å². The molecule has 0 amide bonds. The van der Waals surface area contributed by atoms with E-state index in [9.17, 15) is 8.78 Å². The quantitative estimate of drug-likeness (QED) is 0.108. The summed E-state index contributed by atoms with van der Waals surface area (Å²) >= 11 is 0. The molecule has 4 aliphatic heterocycles. The highest BCUT2D eigenvalue weighted by molar-refractivity contribution is 5.96. The van der Waals surface area contributed by atoms with Crippen molar-refractivity contribution in [2.24, 2.45) is 0 Å². The van der Waals surface area contributed by atoms with Crippen LogP contribution < -0.4 is 19.6 Å². The molecule has 14 nitrogen and oxygen atoms in total. The molecule has 0 bridgehead atoms. The average molecular weight is 1170 g/mol. The summed E-state index contributed by atoms with van der Waals surface area (Å²) in [6.07, 6.45) is 3.75. The lowest BCUT2D eigenvalue weighted by Crippen LogP contribution is -2.47. The number of rotatable bonds is 12. The summed E-state index contributed by atoms with van der Waals surface area (Å²) in [5, 5.41) is 4.75. The van der Waals surface area contributed by atoms with E-state index in [1.807, 2.05) is 48.8 Å². The zero-order valence-corrected chi connectivity index (χ0v) is 48.8. The molecule has 0 spiro atoms. The summed E-state index contributed by atoms with van der Waals surface area (Å²) in [6.45, 7) is 18.1. The maximum atomic E-state index is 13.4. The fourth-order valence-corrected chi connectivity index (χ4v) is 12.0. The summed E-state index contributed by atoms with van der Waals surface area (Å²) in [4.78, 5) is 49.3. The van der Waals surface area contributed by atoms with Crippen molar-refractivity contribution in [1.82, 2.24) is 49.5 Å². The largest absolute Gasteiger partial charge is 0.369 e. The normalized spacial score (nSPS) is 16.6. The topological polar surface area (TPSA) is 103 Å². The zero-order valence-electron chi connectivity index (χ0n) is 47.1. The second kappa shape index (κ2) is 26.9. The number of hydrogen-bond acceptors (Lipinski definition) is 14. The molecule has 4 aromatic heterocycles. The average Bonchev–Trinajstić information content (AvgIpc) is 3.20. The zero-order chi connectivity index (χ0) is 55.2. The van der Waals surface area contributed by atoms with Gasteiger partial charge in [0.25, 0.3) is 0 Å². The lowest BCUT2D eigenvalue weighted by Gasteiger charge is -2.37. The van der Waals surface area contributed by atoms with E-state index in [-0.39, 0.29) is 36.4 Å². The van der Waals surface area contributed by atoms with E-state index in [4.69, 9.17) is 19.9 Å². The minimum atomic E-state index is -0.204. The van der Waals surface area contributed by atoms with Gasteiger partial charge in [0.1, 0.15) is 23.3 Å². The van der Waals surface area contributed by atoms with Gasteiger partial charge < -0.3 is 19.6 Å². The Labute approximate surface area is 502 Å². The summed E-state index contributed by atoms with van der Waals surface area (Å²) in [5.41, 5.74) is 10.2. The van der Waals surface area contributed by atoms with Crippen LogP contribution in [-0.2, 0) is 26.2 Å². The third kappa shape index (κ3) is 13.8. The molecule has 4 saturated heterocycles. The van der Waals surface area contributed by atoms with Gasteiger partial charge >= 0.3 is 0 Å². The molecule has 4 aliphatic rings. The molecular weight excluding hydrogens is 1100 g/mol. The first-order valence-electron chi connectivity index (χ1n) is 28.9. The summed E-state index contributed by atoms with van der Waals surface area (Å²) in [6, 6.07) is 51.4. The molecule has 8 heterocycles. The molecule has 18 heteroatoms. The second-order valence-electron chi connectivity index (χ2n) is 22.0. The van der Waals surface area contributed by atoms with Gasteiger partial charge in [0.2, 0.25) is 0 Å². The van der Waals surface area contributed by atoms with Gasteiger partial charge in [-0.05, 0) is 119 Å². The van der Waals surface area contributed by atoms with Crippen LogP contribution in [0, 0.1) is 11.6 Å². The molecule has 432 valence electrons. The van der Waals surface area contributed by atoms with E-state index in [0.29, 0.717) is 0 Å². The number of halogens is 4. The fourth-order valence-electron chi connectivity index (χ4n) is 12.0. The van der Waals surface area contributed by atoms with Gasteiger partial charge in [-0.2, -0.15) is 0 Å². The van der Waals surface area contributed by atoms with E-state index >= 15 is 0 Å². The van der Waals surface area contributed by atoms with Crippen LogP contribution >= 0.6 is 24.8 Å². The molecule has 4 fully saturated rings. The number of aromatic nitrogens is 6. The minimum Gasteiger partial charge on any atom is -0.369 e. The van der Waals surface area contributed by atoms with E-state index in [0.717, 1.165) is 199 Å². The molecule has 84 heavy (non-hydrogen) atoms. The summed E-state index contributed by atoms with van der Waals surface area (Å²) in [5.74, 6) is 1.71. The predicted octanol–water partition coefficient (Wildman–Crippen LogP) is 10.8. The lowest BCUT2D eigenvalue weighted by atomic mass is 10.1. The molecular formula is C66H70Cl2F2N14. The highest BCUT2D eigenvalue weighted by Crippen LogP contribution is 2.28. The number of benzene rings is 6. The standard InChI is InChI=1S/C34H34F2N6.C32H34N8.2ClH/c35-27-5-9-29(10-6-27)41-17-13-39(14-18-41)23-33-34(38-32-22-26-4-2-1-3-25(26)21-31(32)37-33)24-40-15-19-42(20-16-40)30-11-7-28(36)8-12-30;1-2-8-26-22-28-27(21-25(26)7-1)35-29(23-37-13-17-39(18-14-37)31-9-3-5-11-33-31)30(36-28)24-38-15-19-40(20-16-38)32-10-4-6-12-34-32;;/h1-12,21-22H,13-20,23-24H2;1-12,21-22H,13-20,23-24H2;2*1H. The highest BCUT2D eigenvalue weighted by atomic mass is 35.5. The van der Waals surface area contributed by atoms with E-state index in [1.165, 1.54) is 45.8 Å². The van der Waals surface area contributed by atoms with Crippen LogP contribution in [-0.4, -0.2) is 154 Å². The molecule has 10 aromatic rings. The Morgan fingerprint density at radius 3 is 0.821 bits per heavy atom. The Morgan fingerprint density at radius 1 is 0.298 bits per heavy atom. The number of anilines is 4. The number of nitrogens with zero attached hydrogens (tertiary/aromatic N) is 14. The van der Waals surface area contributed by atoms with Gasteiger partial charge in [0, 0.05) is 155 Å². The first-order chi connectivity index (χ1) is 40.3. The monoisotopic (exact) mass is 1170 g/mol. The van der Waals surface area contributed by atoms with Crippen molar-refractivity contribution in [1.29, 1.82) is 0 Å². The maximum Gasteiger partial charge on any atom is 0.128 e. The molecule has 0 atom stereocenters. The van der Waals surface area contributed by atoms with Crippen molar-refractivity contribution in [3.8, 4) is 0 Å². The van der Waals surface area contributed by atoms with Crippen LogP contribution in [0.1, 0.15) is 22.8 Å². The van der Waals surface area contributed by atoms with Crippen LogP contribution in [0.25, 0.3) is 43.6 Å². The molecule has 0 radical (unpaired) electrons. The van der Waals surface area contributed by atoms with Gasteiger partial charge in [-0.1, -0.05) is 60.7 Å². The van der Waals surface area contributed by atoms with E-state index in [2.05, 4.69) is 146 Å². The fraction of sp³-hybridized carbons (Fsp3) is 0.303. The third-order valence-corrected chi connectivity index (χ3v) is 16.7.